The Morgan fingerprint density at radius 3 is 2.94 bits per heavy atom. The van der Waals surface area contributed by atoms with Crippen molar-refractivity contribution in [1.82, 2.24) is 10.6 Å². The third-order valence-corrected chi connectivity index (χ3v) is 2.94. The molecule has 1 aromatic rings. The predicted octanol–water partition coefficient (Wildman–Crippen LogP) is 0.730. The van der Waals surface area contributed by atoms with Crippen molar-refractivity contribution < 1.29 is 9.90 Å². The van der Waals surface area contributed by atoms with Crippen LogP contribution in [0.2, 0.25) is 0 Å². The highest BCUT2D eigenvalue weighted by Gasteiger charge is 2.24. The Hall–Kier alpha value is -1.55. The number of hydrogen-bond donors (Lipinski definition) is 3. The standard InChI is InChI=1S/C12H16N2O2/c1-8-6-13-7-11(8)14-12(16)9-3-2-4-10(15)5-9/h2-5,8,11,13,15H,6-7H2,1H3,(H,14,16). The number of carbonyl (C=O) groups excluding carboxylic acids is 1. The second kappa shape index (κ2) is 4.53. The quantitative estimate of drug-likeness (QED) is 0.688. The van der Waals surface area contributed by atoms with E-state index in [0.29, 0.717) is 11.5 Å². The largest absolute Gasteiger partial charge is 0.508 e. The first kappa shape index (κ1) is 11.0. The molecule has 1 amide bonds. The monoisotopic (exact) mass is 220 g/mol. The molecule has 4 heteroatoms. The van der Waals surface area contributed by atoms with Crippen molar-refractivity contribution in [3.05, 3.63) is 29.8 Å². The molecule has 2 unspecified atom stereocenters. The fourth-order valence-electron chi connectivity index (χ4n) is 1.90. The van der Waals surface area contributed by atoms with Crippen molar-refractivity contribution in [1.29, 1.82) is 0 Å². The van der Waals surface area contributed by atoms with Gasteiger partial charge in [-0.1, -0.05) is 13.0 Å². The summed E-state index contributed by atoms with van der Waals surface area (Å²) >= 11 is 0. The number of phenolic OH excluding ortho intramolecular Hbond substituents is 1. The molecular weight excluding hydrogens is 204 g/mol. The molecule has 3 N–H and O–H groups in total. The van der Waals surface area contributed by atoms with Crippen LogP contribution in [0.5, 0.6) is 5.75 Å². The van der Waals surface area contributed by atoms with Crippen molar-refractivity contribution in [2.45, 2.75) is 13.0 Å². The van der Waals surface area contributed by atoms with E-state index in [9.17, 15) is 9.90 Å². The Morgan fingerprint density at radius 1 is 1.50 bits per heavy atom. The molecule has 0 saturated carbocycles. The number of amides is 1. The lowest BCUT2D eigenvalue weighted by Crippen LogP contribution is -2.39. The first-order chi connectivity index (χ1) is 7.66. The van der Waals surface area contributed by atoms with Gasteiger partial charge >= 0.3 is 0 Å². The number of carbonyl (C=O) groups is 1. The summed E-state index contributed by atoms with van der Waals surface area (Å²) in [6.07, 6.45) is 0. The summed E-state index contributed by atoms with van der Waals surface area (Å²) in [5.41, 5.74) is 0.499. The highest BCUT2D eigenvalue weighted by molar-refractivity contribution is 5.94. The van der Waals surface area contributed by atoms with Crippen LogP contribution in [0.25, 0.3) is 0 Å². The molecule has 2 atom stereocenters. The number of rotatable bonds is 2. The minimum absolute atomic E-state index is 0.116. The molecule has 1 fully saturated rings. The Kier molecular flexibility index (Phi) is 3.10. The van der Waals surface area contributed by atoms with Gasteiger partial charge in [-0.2, -0.15) is 0 Å². The zero-order chi connectivity index (χ0) is 11.5. The molecule has 1 saturated heterocycles. The fourth-order valence-corrected chi connectivity index (χ4v) is 1.90. The van der Waals surface area contributed by atoms with E-state index in [4.69, 9.17) is 0 Å². The molecule has 4 nitrogen and oxygen atoms in total. The third kappa shape index (κ3) is 2.33. The summed E-state index contributed by atoms with van der Waals surface area (Å²) in [7, 11) is 0. The molecule has 1 aromatic carbocycles. The lowest BCUT2D eigenvalue weighted by atomic mass is 10.1. The van der Waals surface area contributed by atoms with E-state index in [1.807, 2.05) is 0 Å². The first-order valence-electron chi connectivity index (χ1n) is 5.47. The normalized spacial score (nSPS) is 24.3. The molecular formula is C12H16N2O2. The van der Waals surface area contributed by atoms with E-state index in [-0.39, 0.29) is 17.7 Å². The molecule has 1 aliphatic rings. The molecule has 1 aliphatic heterocycles. The van der Waals surface area contributed by atoms with Gasteiger partial charge in [0.15, 0.2) is 0 Å². The zero-order valence-corrected chi connectivity index (χ0v) is 9.23. The minimum atomic E-state index is -0.128. The van der Waals surface area contributed by atoms with Crippen LogP contribution >= 0.6 is 0 Å². The van der Waals surface area contributed by atoms with E-state index in [2.05, 4.69) is 17.6 Å². The van der Waals surface area contributed by atoms with E-state index >= 15 is 0 Å². The summed E-state index contributed by atoms with van der Waals surface area (Å²) in [6.45, 7) is 3.85. The number of phenols is 1. The van der Waals surface area contributed by atoms with Gasteiger partial charge in [-0.25, -0.2) is 0 Å². The summed E-state index contributed by atoms with van der Waals surface area (Å²) in [5.74, 6) is 0.433. The van der Waals surface area contributed by atoms with Gasteiger partial charge in [0, 0.05) is 18.2 Å². The van der Waals surface area contributed by atoms with Crippen LogP contribution in [0.1, 0.15) is 17.3 Å². The number of hydrogen-bond acceptors (Lipinski definition) is 3. The predicted molar refractivity (Wildman–Crippen MR) is 61.4 cm³/mol. The Morgan fingerprint density at radius 2 is 2.31 bits per heavy atom. The summed E-state index contributed by atoms with van der Waals surface area (Å²) < 4.78 is 0. The van der Waals surface area contributed by atoms with Crippen LogP contribution in [0.15, 0.2) is 24.3 Å². The summed E-state index contributed by atoms with van der Waals surface area (Å²) in [4.78, 5) is 11.8. The molecule has 0 aromatic heterocycles. The van der Waals surface area contributed by atoms with Crippen molar-refractivity contribution in [3.8, 4) is 5.75 Å². The second-order valence-electron chi connectivity index (χ2n) is 4.27. The average Bonchev–Trinajstić information content (AvgIpc) is 2.64. The molecule has 0 spiro atoms. The SMILES string of the molecule is CC1CNCC1NC(=O)c1cccc(O)c1. The maximum atomic E-state index is 11.8. The van der Waals surface area contributed by atoms with Gasteiger partial charge in [0.05, 0.1) is 0 Å². The van der Waals surface area contributed by atoms with Crippen molar-refractivity contribution in [2.24, 2.45) is 5.92 Å². The van der Waals surface area contributed by atoms with Gasteiger partial charge in [-0.15, -0.1) is 0 Å². The molecule has 0 aliphatic carbocycles. The third-order valence-electron chi connectivity index (χ3n) is 2.94. The van der Waals surface area contributed by atoms with Gasteiger partial charge in [-0.05, 0) is 30.7 Å². The first-order valence-corrected chi connectivity index (χ1v) is 5.47. The minimum Gasteiger partial charge on any atom is -0.508 e. The second-order valence-corrected chi connectivity index (χ2v) is 4.27. The maximum Gasteiger partial charge on any atom is 0.251 e. The number of nitrogens with one attached hydrogen (secondary N) is 2. The van der Waals surface area contributed by atoms with Crippen molar-refractivity contribution >= 4 is 5.91 Å². The number of aromatic hydroxyl groups is 1. The number of benzene rings is 1. The van der Waals surface area contributed by atoms with E-state index in [1.54, 1.807) is 18.2 Å². The van der Waals surface area contributed by atoms with Gasteiger partial charge in [-0.3, -0.25) is 4.79 Å². The molecule has 0 radical (unpaired) electrons. The van der Waals surface area contributed by atoms with Gasteiger partial charge in [0.2, 0.25) is 0 Å². The van der Waals surface area contributed by atoms with Crippen LogP contribution < -0.4 is 10.6 Å². The lowest BCUT2D eigenvalue weighted by molar-refractivity contribution is 0.0932. The van der Waals surface area contributed by atoms with Gasteiger partial charge in [0.1, 0.15) is 5.75 Å². The zero-order valence-electron chi connectivity index (χ0n) is 9.23. The maximum absolute atomic E-state index is 11.8. The highest BCUT2D eigenvalue weighted by atomic mass is 16.3. The van der Waals surface area contributed by atoms with E-state index in [1.165, 1.54) is 6.07 Å². The van der Waals surface area contributed by atoms with Gasteiger partial charge < -0.3 is 15.7 Å². The highest BCUT2D eigenvalue weighted by Crippen LogP contribution is 2.12. The van der Waals surface area contributed by atoms with E-state index in [0.717, 1.165) is 13.1 Å². The average molecular weight is 220 g/mol. The van der Waals surface area contributed by atoms with Crippen molar-refractivity contribution in [3.63, 3.8) is 0 Å². The summed E-state index contributed by atoms with van der Waals surface area (Å²) in [5, 5.41) is 15.5. The molecule has 16 heavy (non-hydrogen) atoms. The van der Waals surface area contributed by atoms with Crippen LogP contribution in [0.4, 0.5) is 0 Å². The smallest absolute Gasteiger partial charge is 0.251 e. The molecule has 86 valence electrons. The Bertz CT molecular complexity index is 392. The Labute approximate surface area is 94.7 Å². The molecule has 1 heterocycles. The molecule has 2 rings (SSSR count). The Balaban J connectivity index is 2.03. The lowest BCUT2D eigenvalue weighted by Gasteiger charge is -2.16. The van der Waals surface area contributed by atoms with Crippen LogP contribution in [-0.2, 0) is 0 Å². The molecule has 0 bridgehead atoms. The van der Waals surface area contributed by atoms with Crippen LogP contribution in [0, 0.1) is 5.92 Å². The van der Waals surface area contributed by atoms with E-state index < -0.39 is 0 Å². The van der Waals surface area contributed by atoms with Crippen molar-refractivity contribution in [2.75, 3.05) is 13.1 Å². The summed E-state index contributed by atoms with van der Waals surface area (Å²) in [6, 6.07) is 6.57. The van der Waals surface area contributed by atoms with Crippen LogP contribution in [0.3, 0.4) is 0 Å². The van der Waals surface area contributed by atoms with Gasteiger partial charge in [0.25, 0.3) is 5.91 Å². The topological polar surface area (TPSA) is 61.4 Å². The van der Waals surface area contributed by atoms with Crippen LogP contribution in [-0.4, -0.2) is 30.1 Å². The fraction of sp³-hybridized carbons (Fsp3) is 0.417.